The van der Waals surface area contributed by atoms with Crippen molar-refractivity contribution in [1.82, 2.24) is 4.98 Å². The molecule has 0 amide bonds. The molecular formula is C13H8BrClF3NO2. The van der Waals surface area contributed by atoms with Crippen LogP contribution in [0.1, 0.15) is 5.56 Å². The number of aromatic nitrogens is 1. The van der Waals surface area contributed by atoms with Crippen LogP contribution in [0.3, 0.4) is 0 Å². The third-order valence-electron chi connectivity index (χ3n) is 2.34. The van der Waals surface area contributed by atoms with E-state index in [1.807, 2.05) is 0 Å². The van der Waals surface area contributed by atoms with E-state index in [4.69, 9.17) is 16.3 Å². The molecule has 0 N–H and O–H groups in total. The van der Waals surface area contributed by atoms with Gasteiger partial charge in [-0.25, -0.2) is 4.98 Å². The number of halogens is 5. The molecule has 1 aromatic heterocycles. The lowest BCUT2D eigenvalue weighted by atomic mass is 10.3. The quantitative estimate of drug-likeness (QED) is 0.675. The van der Waals surface area contributed by atoms with Gasteiger partial charge in [-0.2, -0.15) is 0 Å². The number of pyridine rings is 1. The predicted molar refractivity (Wildman–Crippen MR) is 74.7 cm³/mol. The molecule has 0 atom stereocenters. The van der Waals surface area contributed by atoms with E-state index in [9.17, 15) is 13.2 Å². The van der Waals surface area contributed by atoms with Crippen LogP contribution in [-0.4, -0.2) is 11.3 Å². The summed E-state index contributed by atoms with van der Waals surface area (Å²) >= 11 is 8.75. The zero-order valence-electron chi connectivity index (χ0n) is 10.3. The Hall–Kier alpha value is -1.47. The molecule has 2 aromatic rings. The average molecular weight is 383 g/mol. The maximum absolute atomic E-state index is 12.2. The summed E-state index contributed by atoms with van der Waals surface area (Å²) in [4.78, 5) is 4.02. The van der Waals surface area contributed by atoms with Crippen molar-refractivity contribution in [2.24, 2.45) is 0 Å². The third kappa shape index (κ3) is 4.50. The molecule has 0 aliphatic carbocycles. The molecule has 0 saturated carbocycles. The van der Waals surface area contributed by atoms with Crippen molar-refractivity contribution in [3.63, 3.8) is 0 Å². The molecule has 0 spiro atoms. The van der Waals surface area contributed by atoms with E-state index < -0.39 is 6.36 Å². The van der Waals surface area contributed by atoms with Crippen molar-refractivity contribution in [3.8, 4) is 17.4 Å². The van der Waals surface area contributed by atoms with Crippen LogP contribution in [0.15, 0.2) is 41.0 Å². The van der Waals surface area contributed by atoms with Crippen molar-refractivity contribution < 1.29 is 22.6 Å². The molecule has 0 aliphatic heterocycles. The molecule has 1 heterocycles. The van der Waals surface area contributed by atoms with E-state index >= 15 is 0 Å². The van der Waals surface area contributed by atoms with Crippen molar-refractivity contribution in [1.29, 1.82) is 0 Å². The summed E-state index contributed by atoms with van der Waals surface area (Å²) in [6.07, 6.45) is -3.22. The van der Waals surface area contributed by atoms with Gasteiger partial charge in [0, 0.05) is 11.8 Å². The Kier molecular flexibility index (Phi) is 4.95. The number of alkyl halides is 4. The van der Waals surface area contributed by atoms with Crippen LogP contribution >= 0.6 is 27.5 Å². The van der Waals surface area contributed by atoms with E-state index in [-0.39, 0.29) is 16.1 Å². The summed E-state index contributed by atoms with van der Waals surface area (Å²) in [6.45, 7) is 0. The lowest BCUT2D eigenvalue weighted by Gasteiger charge is -2.12. The van der Waals surface area contributed by atoms with E-state index in [0.29, 0.717) is 17.2 Å². The second-order valence-corrected chi connectivity index (χ2v) is 4.97. The largest absolute Gasteiger partial charge is 0.573 e. The summed E-state index contributed by atoms with van der Waals surface area (Å²) in [5.41, 5.74) is 0.672. The van der Waals surface area contributed by atoms with Crippen LogP contribution < -0.4 is 9.47 Å². The number of ether oxygens (including phenoxy) is 2. The molecular weight excluding hydrogens is 374 g/mol. The van der Waals surface area contributed by atoms with Crippen LogP contribution in [0.25, 0.3) is 0 Å². The maximum atomic E-state index is 12.2. The van der Waals surface area contributed by atoms with Gasteiger partial charge < -0.3 is 9.47 Å². The highest BCUT2D eigenvalue weighted by Crippen LogP contribution is 2.34. The van der Waals surface area contributed by atoms with Crippen LogP contribution in [0.4, 0.5) is 13.2 Å². The first-order valence-electron chi connectivity index (χ1n) is 5.62. The molecule has 0 fully saturated rings. The van der Waals surface area contributed by atoms with Gasteiger partial charge in [-0.1, -0.05) is 6.07 Å². The van der Waals surface area contributed by atoms with Gasteiger partial charge in [0.25, 0.3) is 0 Å². The number of hydrogen-bond acceptors (Lipinski definition) is 3. The topological polar surface area (TPSA) is 31.4 Å². The van der Waals surface area contributed by atoms with Crippen molar-refractivity contribution in [3.05, 3.63) is 46.6 Å². The highest BCUT2D eigenvalue weighted by molar-refractivity contribution is 9.10. The van der Waals surface area contributed by atoms with E-state index in [1.54, 1.807) is 12.1 Å². The Morgan fingerprint density at radius 2 is 2.00 bits per heavy atom. The molecule has 2 rings (SSSR count). The first-order valence-corrected chi connectivity index (χ1v) is 6.95. The molecule has 0 aliphatic rings. The fraction of sp³-hybridized carbons (Fsp3) is 0.154. The van der Waals surface area contributed by atoms with Crippen LogP contribution in [0.5, 0.6) is 17.4 Å². The zero-order valence-corrected chi connectivity index (χ0v) is 12.7. The van der Waals surface area contributed by atoms with Crippen LogP contribution in [-0.2, 0) is 5.88 Å². The fourth-order valence-electron chi connectivity index (χ4n) is 1.48. The summed E-state index contributed by atoms with van der Waals surface area (Å²) in [5.74, 6) is 0.457. The predicted octanol–water partition coefficient (Wildman–Crippen LogP) is 5.27. The second-order valence-electron chi connectivity index (χ2n) is 3.84. The van der Waals surface area contributed by atoms with Gasteiger partial charge in [0.2, 0.25) is 5.88 Å². The van der Waals surface area contributed by atoms with E-state index in [1.165, 1.54) is 18.3 Å². The first-order chi connectivity index (χ1) is 9.89. The van der Waals surface area contributed by atoms with Crippen molar-refractivity contribution in [2.75, 3.05) is 0 Å². The van der Waals surface area contributed by atoms with Crippen LogP contribution in [0, 0.1) is 0 Å². The molecule has 0 saturated heterocycles. The average Bonchev–Trinajstić information content (AvgIpc) is 2.41. The Morgan fingerprint density at radius 3 is 2.62 bits per heavy atom. The Balaban J connectivity index is 2.21. The van der Waals surface area contributed by atoms with Gasteiger partial charge in [-0.15, -0.1) is 24.8 Å². The van der Waals surface area contributed by atoms with E-state index in [0.717, 1.165) is 6.07 Å². The molecule has 21 heavy (non-hydrogen) atoms. The van der Waals surface area contributed by atoms with Gasteiger partial charge in [0.15, 0.2) is 0 Å². The second kappa shape index (κ2) is 6.53. The van der Waals surface area contributed by atoms with Gasteiger partial charge in [-0.3, -0.25) is 0 Å². The van der Waals surface area contributed by atoms with Gasteiger partial charge >= 0.3 is 6.36 Å². The highest BCUT2D eigenvalue weighted by atomic mass is 79.9. The molecule has 8 heteroatoms. The first kappa shape index (κ1) is 15.9. The minimum atomic E-state index is -4.75. The summed E-state index contributed by atoms with van der Waals surface area (Å²) < 4.78 is 46.0. The zero-order chi connectivity index (χ0) is 15.5. The SMILES string of the molecule is FC(F)(F)Oc1ccc(Oc2ncccc2CCl)cc1Br. The minimum absolute atomic E-state index is 0.112. The third-order valence-corrected chi connectivity index (χ3v) is 3.25. The number of benzene rings is 1. The monoisotopic (exact) mass is 381 g/mol. The summed E-state index contributed by atoms with van der Waals surface area (Å²) in [5, 5.41) is 0. The van der Waals surface area contributed by atoms with Gasteiger partial charge in [0.05, 0.1) is 10.4 Å². The Morgan fingerprint density at radius 1 is 1.24 bits per heavy atom. The van der Waals surface area contributed by atoms with Crippen molar-refractivity contribution >= 4 is 27.5 Å². The lowest BCUT2D eigenvalue weighted by Crippen LogP contribution is -2.17. The van der Waals surface area contributed by atoms with Gasteiger partial charge in [0.1, 0.15) is 11.5 Å². The number of nitrogens with zero attached hydrogens (tertiary/aromatic N) is 1. The number of hydrogen-bond donors (Lipinski definition) is 0. The maximum Gasteiger partial charge on any atom is 0.573 e. The van der Waals surface area contributed by atoms with E-state index in [2.05, 4.69) is 25.7 Å². The summed E-state index contributed by atoms with van der Waals surface area (Å²) in [7, 11) is 0. The normalized spacial score (nSPS) is 11.3. The highest BCUT2D eigenvalue weighted by Gasteiger charge is 2.32. The lowest BCUT2D eigenvalue weighted by molar-refractivity contribution is -0.274. The molecule has 0 unspecified atom stereocenters. The van der Waals surface area contributed by atoms with Crippen molar-refractivity contribution in [2.45, 2.75) is 12.2 Å². The standard InChI is InChI=1S/C13H8BrClF3NO2/c14-10-6-9(3-4-11(10)21-13(16,17)18)20-12-8(7-15)2-1-5-19-12/h1-6H,7H2. The molecule has 3 nitrogen and oxygen atoms in total. The molecule has 0 bridgehead atoms. The Bertz CT molecular complexity index is 637. The molecule has 0 radical (unpaired) electrons. The Labute approximate surface area is 131 Å². The summed E-state index contributed by atoms with van der Waals surface area (Å²) in [6, 6.07) is 7.30. The van der Waals surface area contributed by atoms with Gasteiger partial charge in [-0.05, 0) is 40.2 Å². The fourth-order valence-corrected chi connectivity index (χ4v) is 2.12. The number of rotatable bonds is 4. The molecule has 1 aromatic carbocycles. The molecule has 112 valence electrons. The van der Waals surface area contributed by atoms with Crippen LogP contribution in [0.2, 0.25) is 0 Å². The minimum Gasteiger partial charge on any atom is -0.439 e. The smallest absolute Gasteiger partial charge is 0.439 e.